The van der Waals surface area contributed by atoms with Crippen LogP contribution in [0.15, 0.2) is 36.4 Å². The molecule has 0 aromatic heterocycles. The van der Waals surface area contributed by atoms with Gasteiger partial charge in [0.25, 0.3) is 5.91 Å². The Hall–Kier alpha value is -1.55. The highest BCUT2D eigenvalue weighted by Gasteiger charge is 2.53. The monoisotopic (exact) mass is 567 g/mol. The summed E-state index contributed by atoms with van der Waals surface area (Å²) in [6, 6.07) is 12.4. The van der Waals surface area contributed by atoms with Gasteiger partial charge in [-0.3, -0.25) is 4.79 Å². The molecule has 39 heavy (non-hydrogen) atoms. The van der Waals surface area contributed by atoms with E-state index in [2.05, 4.69) is 36.9 Å². The summed E-state index contributed by atoms with van der Waals surface area (Å²) in [5, 5.41) is 1.22. The Balaban J connectivity index is 1.21. The van der Waals surface area contributed by atoms with Gasteiger partial charge in [-0.05, 0) is 74.3 Å². The maximum Gasteiger partial charge on any atom is 0.253 e. The number of benzene rings is 2. The minimum atomic E-state index is -0.0783. The fourth-order valence-electron chi connectivity index (χ4n) is 8.94. The van der Waals surface area contributed by atoms with Crippen molar-refractivity contribution in [3.63, 3.8) is 0 Å². The molecule has 2 aromatic carbocycles. The molecule has 0 radical (unpaired) electrons. The predicted octanol–water partition coefficient (Wildman–Crippen LogP) is 8.37. The van der Waals surface area contributed by atoms with Crippen LogP contribution < -0.4 is 0 Å². The zero-order valence-corrected chi connectivity index (χ0v) is 25.4. The molecule has 3 nitrogen and oxygen atoms in total. The van der Waals surface area contributed by atoms with Gasteiger partial charge in [0.05, 0.1) is 36.2 Å². The molecule has 4 aliphatic heterocycles. The number of quaternary nitrogens is 1. The first kappa shape index (κ1) is 27.6. The molecular weight excluding hydrogens is 523 g/mol. The van der Waals surface area contributed by atoms with Crippen LogP contribution in [0.1, 0.15) is 91.3 Å². The Morgan fingerprint density at radius 1 is 0.897 bits per heavy atom. The predicted molar refractivity (Wildman–Crippen MR) is 162 cm³/mol. The number of hydrogen-bond donors (Lipinski definition) is 0. The second-order valence-corrected chi connectivity index (χ2v) is 14.5. The number of hydrogen-bond acceptors (Lipinski definition) is 1. The van der Waals surface area contributed by atoms with Crippen LogP contribution in [0, 0.1) is 25.2 Å². The number of halogens is 2. The van der Waals surface area contributed by atoms with Gasteiger partial charge >= 0.3 is 0 Å². The van der Waals surface area contributed by atoms with Crippen LogP contribution >= 0.6 is 23.2 Å². The summed E-state index contributed by atoms with van der Waals surface area (Å²) in [6.45, 7) is 10.9. The highest BCUT2D eigenvalue weighted by Crippen LogP contribution is 2.53. The number of piperidine rings is 3. The van der Waals surface area contributed by atoms with E-state index in [1.54, 1.807) is 0 Å². The van der Waals surface area contributed by atoms with E-state index in [0.717, 1.165) is 48.5 Å². The van der Waals surface area contributed by atoms with Crippen LogP contribution in [0.3, 0.4) is 0 Å². The third-order valence-corrected chi connectivity index (χ3v) is 12.2. The molecule has 5 fully saturated rings. The molecule has 5 heteroatoms. The summed E-state index contributed by atoms with van der Waals surface area (Å²) in [5.74, 6) is 1.14. The van der Waals surface area contributed by atoms with Crippen molar-refractivity contribution >= 4 is 29.1 Å². The third kappa shape index (κ3) is 5.29. The standard InChI is InChI=1S/C34H45Cl2N2O/c1-25-20-26(2)22-27(21-25)32(39)37-15-10-34(24-37,29-8-9-30(35)31(36)23-29)14-19-38-16-11-33(12-17-38,13-18-38)28-6-4-3-5-7-28/h8-9,20-23,28H,3-7,10-19,24H2,1-2H3/q+1. The van der Waals surface area contributed by atoms with E-state index in [0.29, 0.717) is 15.5 Å². The van der Waals surface area contributed by atoms with Crippen molar-refractivity contribution in [1.29, 1.82) is 0 Å². The minimum Gasteiger partial charge on any atom is -0.338 e. The number of aryl methyl sites for hydroxylation is 2. The Morgan fingerprint density at radius 2 is 1.56 bits per heavy atom. The van der Waals surface area contributed by atoms with Gasteiger partial charge in [-0.25, -0.2) is 0 Å². The number of carbonyl (C=O) groups excluding carboxylic acids is 1. The third-order valence-electron chi connectivity index (χ3n) is 11.4. The van der Waals surface area contributed by atoms with Crippen molar-refractivity contribution < 1.29 is 9.28 Å². The van der Waals surface area contributed by atoms with Crippen LogP contribution in [0.5, 0.6) is 0 Å². The molecule has 210 valence electrons. The number of rotatable bonds is 6. The second kappa shape index (κ2) is 10.7. The molecule has 1 amide bonds. The number of carbonyl (C=O) groups is 1. The summed E-state index contributed by atoms with van der Waals surface area (Å²) in [6.07, 6.45) is 13.7. The molecule has 4 heterocycles. The molecule has 2 bridgehead atoms. The molecule has 2 aromatic rings. The Kier molecular flexibility index (Phi) is 7.57. The normalized spacial score (nSPS) is 31.1. The van der Waals surface area contributed by atoms with Crippen LogP contribution in [0.4, 0.5) is 0 Å². The van der Waals surface area contributed by atoms with Gasteiger partial charge in [-0.1, -0.05) is 65.7 Å². The van der Waals surface area contributed by atoms with E-state index in [1.165, 1.54) is 87.6 Å². The van der Waals surface area contributed by atoms with Crippen molar-refractivity contribution in [1.82, 2.24) is 4.90 Å². The fraction of sp³-hybridized carbons (Fsp3) is 0.618. The quantitative estimate of drug-likeness (QED) is 0.321. The Morgan fingerprint density at radius 3 is 2.21 bits per heavy atom. The molecular formula is C34H45Cl2N2O+. The van der Waals surface area contributed by atoms with Gasteiger partial charge in [-0.2, -0.15) is 0 Å². The molecule has 5 aliphatic rings. The lowest BCUT2D eigenvalue weighted by Gasteiger charge is -2.58. The Labute approximate surface area is 245 Å². The summed E-state index contributed by atoms with van der Waals surface area (Å²) >= 11 is 12.9. The lowest BCUT2D eigenvalue weighted by Crippen LogP contribution is -2.64. The van der Waals surface area contributed by atoms with E-state index >= 15 is 0 Å². The van der Waals surface area contributed by atoms with E-state index in [9.17, 15) is 4.79 Å². The lowest BCUT2D eigenvalue weighted by atomic mass is 9.59. The van der Waals surface area contributed by atoms with Crippen LogP contribution in [0.25, 0.3) is 0 Å². The molecule has 4 saturated heterocycles. The van der Waals surface area contributed by atoms with Gasteiger partial charge in [-0.15, -0.1) is 0 Å². The van der Waals surface area contributed by atoms with Crippen LogP contribution in [-0.4, -0.2) is 54.6 Å². The van der Waals surface area contributed by atoms with Crippen molar-refractivity contribution in [2.45, 2.75) is 83.5 Å². The topological polar surface area (TPSA) is 20.3 Å². The highest BCUT2D eigenvalue weighted by molar-refractivity contribution is 6.42. The molecule has 1 saturated carbocycles. The van der Waals surface area contributed by atoms with E-state index < -0.39 is 0 Å². The maximum absolute atomic E-state index is 13.7. The number of fused-ring (bicyclic) bond motifs is 3. The van der Waals surface area contributed by atoms with Crippen molar-refractivity contribution in [2.24, 2.45) is 11.3 Å². The number of nitrogens with zero attached hydrogens (tertiary/aromatic N) is 2. The van der Waals surface area contributed by atoms with E-state index in [-0.39, 0.29) is 11.3 Å². The zero-order valence-electron chi connectivity index (χ0n) is 23.9. The van der Waals surface area contributed by atoms with Crippen molar-refractivity contribution in [3.8, 4) is 0 Å². The second-order valence-electron chi connectivity index (χ2n) is 13.7. The van der Waals surface area contributed by atoms with Crippen molar-refractivity contribution in [3.05, 3.63) is 68.7 Å². The molecule has 0 spiro atoms. The first-order valence-corrected chi connectivity index (χ1v) is 16.2. The number of amides is 1. The smallest absolute Gasteiger partial charge is 0.253 e. The van der Waals surface area contributed by atoms with Crippen molar-refractivity contribution in [2.75, 3.05) is 39.3 Å². The van der Waals surface area contributed by atoms with E-state index in [4.69, 9.17) is 23.2 Å². The van der Waals surface area contributed by atoms with Gasteiger partial charge < -0.3 is 9.38 Å². The first-order valence-electron chi connectivity index (χ1n) is 15.4. The Bertz CT molecular complexity index is 1190. The lowest BCUT2D eigenvalue weighted by molar-refractivity contribution is -0.946. The molecule has 1 unspecified atom stereocenters. The maximum atomic E-state index is 13.7. The largest absolute Gasteiger partial charge is 0.338 e. The SMILES string of the molecule is Cc1cc(C)cc(C(=O)N2CCC(CC[N+]34CCC(C5CCCCC5)(CC3)CC4)(c3ccc(Cl)c(Cl)c3)C2)c1. The number of likely N-dealkylation sites (tertiary alicyclic amines) is 1. The van der Waals surface area contributed by atoms with E-state index in [1.807, 2.05) is 18.2 Å². The van der Waals surface area contributed by atoms with Gasteiger partial charge in [0.15, 0.2) is 0 Å². The van der Waals surface area contributed by atoms with Crippen LogP contribution in [0.2, 0.25) is 10.0 Å². The molecule has 0 N–H and O–H groups in total. The average molecular weight is 569 g/mol. The van der Waals surface area contributed by atoms with Gasteiger partial charge in [0, 0.05) is 49.8 Å². The highest BCUT2D eigenvalue weighted by atomic mass is 35.5. The summed E-state index contributed by atoms with van der Waals surface area (Å²) in [4.78, 5) is 15.8. The first-order chi connectivity index (χ1) is 18.7. The molecule has 7 rings (SSSR count). The zero-order chi connectivity index (χ0) is 27.3. The minimum absolute atomic E-state index is 0.0783. The molecule has 1 atom stereocenters. The van der Waals surface area contributed by atoms with Crippen LogP contribution in [-0.2, 0) is 5.41 Å². The average Bonchev–Trinajstić information content (AvgIpc) is 3.40. The summed E-state index contributed by atoms with van der Waals surface area (Å²) in [5.41, 5.74) is 4.91. The summed E-state index contributed by atoms with van der Waals surface area (Å²) < 4.78 is 1.28. The van der Waals surface area contributed by atoms with Gasteiger partial charge in [0.1, 0.15) is 0 Å². The summed E-state index contributed by atoms with van der Waals surface area (Å²) in [7, 11) is 0. The van der Waals surface area contributed by atoms with Gasteiger partial charge in [0.2, 0.25) is 0 Å². The fourth-order valence-corrected chi connectivity index (χ4v) is 9.24. The molecule has 1 aliphatic carbocycles.